The average molecular weight is 387 g/mol. The molecule has 9 nitrogen and oxygen atoms in total. The maximum absolute atomic E-state index is 11.8. The zero-order valence-corrected chi connectivity index (χ0v) is 17.1. The molecule has 2 aromatic rings. The van der Waals surface area contributed by atoms with Crippen LogP contribution in [0.1, 0.15) is 6.99 Å². The van der Waals surface area contributed by atoms with Gasteiger partial charge in [-0.15, -0.1) is 0 Å². The van der Waals surface area contributed by atoms with E-state index in [2.05, 4.69) is 19.2 Å². The van der Waals surface area contributed by atoms with Crippen molar-refractivity contribution >= 4 is 27.9 Å². The topological polar surface area (TPSA) is 125 Å². The van der Waals surface area contributed by atoms with E-state index < -0.39 is 15.6 Å². The van der Waals surface area contributed by atoms with Gasteiger partial charge in [-0.2, -0.15) is 4.33 Å². The van der Waals surface area contributed by atoms with Crippen LogP contribution in [0.4, 0.5) is 5.82 Å². The van der Waals surface area contributed by atoms with E-state index in [-0.39, 0.29) is 65.2 Å². The van der Waals surface area contributed by atoms with Gasteiger partial charge in [-0.3, -0.25) is 19.7 Å². The Morgan fingerprint density at radius 2 is 2.13 bits per heavy atom. The molecule has 0 aliphatic carbocycles. The summed E-state index contributed by atoms with van der Waals surface area (Å²) in [6.07, 6.45) is 0.981. The Bertz CT molecular complexity index is 810. The molecule has 23 heavy (non-hydrogen) atoms. The third kappa shape index (κ3) is 6.70. The van der Waals surface area contributed by atoms with E-state index in [1.807, 2.05) is 0 Å². The summed E-state index contributed by atoms with van der Waals surface area (Å²) >= 11 is 0.713. The van der Waals surface area contributed by atoms with E-state index in [9.17, 15) is 18.5 Å². The number of hydrogen-bond acceptors (Lipinski definition) is 7. The molecule has 0 amide bonds. The van der Waals surface area contributed by atoms with E-state index >= 15 is 0 Å². The summed E-state index contributed by atoms with van der Waals surface area (Å²) in [5.41, 5.74) is 0.270. The Morgan fingerprint density at radius 1 is 1.43 bits per heavy atom. The molecule has 0 unspecified atom stereocenters. The molecule has 2 rings (SSSR count). The monoisotopic (exact) mass is 387 g/mol. The fourth-order valence-corrected chi connectivity index (χ4v) is 2.72. The molecule has 0 spiro atoms. The van der Waals surface area contributed by atoms with Crippen molar-refractivity contribution in [1.82, 2.24) is 9.78 Å². The Balaban J connectivity index is 0.00000264. The predicted molar refractivity (Wildman–Crippen MR) is 79.2 cm³/mol. The summed E-state index contributed by atoms with van der Waals surface area (Å²) in [5, 5.41) is 15.8. The molecule has 1 aromatic heterocycles. The van der Waals surface area contributed by atoms with Crippen LogP contribution in [0.3, 0.4) is 0 Å². The van der Waals surface area contributed by atoms with Crippen molar-refractivity contribution in [2.75, 3.05) is 11.0 Å². The van der Waals surface area contributed by atoms with Crippen LogP contribution >= 0.6 is 12.0 Å². The van der Waals surface area contributed by atoms with Gasteiger partial charge in [0.25, 0.3) is 5.56 Å². The molecule has 122 valence electrons. The van der Waals surface area contributed by atoms with Gasteiger partial charge in [-0.25, -0.2) is 13.1 Å². The number of nitrogens with zero attached hydrogens (tertiary/aromatic N) is 1. The fourth-order valence-electron chi connectivity index (χ4n) is 1.74. The number of H-pyrrole nitrogens is 1. The van der Waals surface area contributed by atoms with Crippen LogP contribution in [-0.4, -0.2) is 24.5 Å². The summed E-state index contributed by atoms with van der Waals surface area (Å²) in [5.74, 6) is 0.0665. The first-order valence-electron chi connectivity index (χ1n) is 5.88. The van der Waals surface area contributed by atoms with Crippen LogP contribution < -0.4 is 66.9 Å². The molecule has 2 N–H and O–H groups in total. The largest absolute Gasteiger partial charge is 1.00 e. The molecular formula is C11H14KN3O6S2. The van der Waals surface area contributed by atoms with Crippen molar-refractivity contribution in [3.05, 3.63) is 46.2 Å². The van der Waals surface area contributed by atoms with Crippen molar-refractivity contribution in [3.63, 3.8) is 0 Å². The maximum Gasteiger partial charge on any atom is 1.00 e. The van der Waals surface area contributed by atoms with Crippen molar-refractivity contribution in [3.8, 4) is 0 Å². The normalized spacial score (nSPS) is 11.0. The van der Waals surface area contributed by atoms with Gasteiger partial charge >= 0.3 is 51.4 Å². The summed E-state index contributed by atoms with van der Waals surface area (Å²) in [4.78, 5) is 12.4. The maximum atomic E-state index is 11.8. The molecule has 0 saturated carbocycles. The molecule has 1 aromatic carbocycles. The van der Waals surface area contributed by atoms with E-state index in [0.717, 1.165) is 12.3 Å². The van der Waals surface area contributed by atoms with Gasteiger partial charge in [0, 0.05) is 12.4 Å². The second-order valence-corrected chi connectivity index (χ2v) is 6.79. The molecule has 0 aliphatic rings. The summed E-state index contributed by atoms with van der Waals surface area (Å²) in [6, 6.07) is 8.03. The van der Waals surface area contributed by atoms with Crippen molar-refractivity contribution in [2.24, 2.45) is 0 Å². The predicted octanol–water partition coefficient (Wildman–Crippen LogP) is -2.92. The second kappa shape index (κ2) is 9.36. The van der Waals surface area contributed by atoms with Gasteiger partial charge in [0.1, 0.15) is 5.82 Å². The van der Waals surface area contributed by atoms with Crippen molar-refractivity contribution in [2.45, 2.75) is 11.4 Å². The first-order valence-corrected chi connectivity index (χ1v) is 8.51. The van der Waals surface area contributed by atoms with E-state index in [0.29, 0.717) is 22.5 Å². The third-order valence-electron chi connectivity index (χ3n) is 2.54. The first kappa shape index (κ1) is 20.9. The molecular weight excluding hydrogens is 373 g/mol. The Hall–Kier alpha value is -0.154. The summed E-state index contributed by atoms with van der Waals surface area (Å²) < 4.78 is 30.0. The number of hydrogen-bond donors (Lipinski definition) is 2. The Morgan fingerprint density at radius 3 is 2.78 bits per heavy atom. The van der Waals surface area contributed by atoms with E-state index in [1.54, 1.807) is 24.3 Å². The zero-order valence-electron chi connectivity index (χ0n) is 12.3. The van der Waals surface area contributed by atoms with E-state index in [1.165, 1.54) is 4.68 Å². The van der Waals surface area contributed by atoms with Gasteiger partial charge in [0.2, 0.25) is 10.0 Å². The van der Waals surface area contributed by atoms with E-state index in [4.69, 9.17) is 0 Å². The molecule has 12 heteroatoms. The summed E-state index contributed by atoms with van der Waals surface area (Å²) in [7, 11) is -3.48. The van der Waals surface area contributed by atoms with Crippen LogP contribution in [0.15, 0.2) is 40.0 Å². The number of aromatic amines is 1. The van der Waals surface area contributed by atoms with Crippen molar-refractivity contribution in [1.29, 1.82) is 0 Å². The van der Waals surface area contributed by atoms with Crippen LogP contribution in [0.25, 0.3) is 0 Å². The zero-order chi connectivity index (χ0) is 16.2. The van der Waals surface area contributed by atoms with Gasteiger partial charge < -0.3 is 5.26 Å². The number of nitrogens with one attached hydrogen (secondary N) is 2. The Labute approximate surface area is 180 Å². The molecule has 0 radical (unpaired) electrons. The summed E-state index contributed by atoms with van der Waals surface area (Å²) in [6.45, 7) is 0.135. The molecule has 0 fully saturated rings. The van der Waals surface area contributed by atoms with Crippen molar-refractivity contribution < 1.29 is 75.9 Å². The van der Waals surface area contributed by atoms with Gasteiger partial charge in [-0.1, -0.05) is 18.2 Å². The number of aromatic nitrogens is 2. The quantitative estimate of drug-likeness (QED) is 0.226. The number of anilines is 1. The van der Waals surface area contributed by atoms with Crippen LogP contribution in [0, 0.1) is 0 Å². The molecule has 1 heterocycles. The molecule has 0 aliphatic heterocycles. The van der Waals surface area contributed by atoms with Gasteiger partial charge in [0.05, 0.1) is 24.8 Å². The standard InChI is InChI=1S/C11H13N3O6S2.K.H2/c1-22(17,18)13-10-6-11(15)14(12-10)7-8-4-2-3-5-9(8)21-20-19-16;;/h2-6,12-13,16H,7H2,1H3;;1H/q;+1;/p-1. The van der Waals surface area contributed by atoms with Gasteiger partial charge in [0.15, 0.2) is 0 Å². The van der Waals surface area contributed by atoms with Crippen LogP contribution in [0.2, 0.25) is 0 Å². The molecule has 0 saturated heterocycles. The smallest absolute Gasteiger partial charge is 0.691 e. The van der Waals surface area contributed by atoms with Gasteiger partial charge in [-0.05, 0) is 11.6 Å². The second-order valence-electron chi connectivity index (χ2n) is 4.30. The average Bonchev–Trinajstić information content (AvgIpc) is 2.75. The third-order valence-corrected chi connectivity index (χ3v) is 3.83. The minimum absolute atomic E-state index is 0. The number of rotatable bonds is 7. The Kier molecular flexibility index (Phi) is 8.50. The SMILES string of the molecule is CS(=O)(=O)Nc1cc(=O)n(Cc2ccccc2SOO[O-])[nH]1.[HH].[K+]. The minimum atomic E-state index is -3.48. The number of sulfonamides is 1. The van der Waals surface area contributed by atoms with Crippen LogP contribution in [0.5, 0.6) is 0 Å². The first-order chi connectivity index (χ1) is 10.4. The molecule has 0 bridgehead atoms. The fraction of sp³-hybridized carbons (Fsp3) is 0.182. The number of benzene rings is 1. The minimum Gasteiger partial charge on any atom is -0.691 e. The molecule has 0 atom stereocenters. The van der Waals surface area contributed by atoms with Crippen LogP contribution in [-0.2, 0) is 25.9 Å².